The second-order valence-electron chi connectivity index (χ2n) is 14.8. The molecule has 37 heavy (non-hydrogen) atoms. The Hall–Kier alpha value is -0.636. The Kier molecular flexibility index (Phi) is 13.9. The van der Waals surface area contributed by atoms with E-state index in [1.165, 1.54) is 12.5 Å². The van der Waals surface area contributed by atoms with Crippen molar-refractivity contribution in [3.8, 4) is 0 Å². The lowest BCUT2D eigenvalue weighted by atomic mass is 10.1. The topological polar surface area (TPSA) is 39.0 Å². The molecule has 0 radical (unpaired) electrons. The van der Waals surface area contributed by atoms with E-state index in [2.05, 4.69) is 147 Å². The van der Waals surface area contributed by atoms with E-state index in [4.69, 9.17) is 16.8 Å². The fourth-order valence-corrected chi connectivity index (χ4v) is 12.3. The van der Waals surface area contributed by atoms with Crippen LogP contribution in [0.25, 0.3) is 0 Å². The van der Waals surface area contributed by atoms with Crippen molar-refractivity contribution in [2.24, 2.45) is 11.7 Å². The maximum absolute atomic E-state index is 6.54. The van der Waals surface area contributed by atoms with Gasteiger partial charge in [0.25, 0.3) is 0 Å². The highest BCUT2D eigenvalue weighted by atomic mass is 35.6. The van der Waals surface area contributed by atoms with Gasteiger partial charge < -0.3 is 24.0 Å². The third kappa shape index (κ3) is 12.0. The number of nitrogens with zero attached hydrogens (tertiary/aromatic N) is 4. The fourth-order valence-electron chi connectivity index (χ4n) is 4.08. The number of hydrogen-bond donors (Lipinski definition) is 1. The van der Waals surface area contributed by atoms with Crippen molar-refractivity contribution >= 4 is 28.6 Å². The summed E-state index contributed by atoms with van der Waals surface area (Å²) in [4.78, 5) is 0. The van der Waals surface area contributed by atoms with E-state index in [0.717, 1.165) is 12.3 Å². The summed E-state index contributed by atoms with van der Waals surface area (Å²) in [7, 11) is -2.58. The monoisotopic (exact) mass is 573 g/mol. The molecule has 0 aromatic heterocycles. The lowest BCUT2D eigenvalue weighted by Gasteiger charge is -2.45. The van der Waals surface area contributed by atoms with Gasteiger partial charge in [-0.15, -0.1) is 11.1 Å². The van der Waals surface area contributed by atoms with Crippen molar-refractivity contribution in [2.75, 3.05) is 0 Å². The largest absolute Gasteiger partial charge is 0.383 e. The van der Waals surface area contributed by atoms with Crippen molar-refractivity contribution in [3.63, 3.8) is 0 Å². The first kappa shape index (κ1) is 36.4. The summed E-state index contributed by atoms with van der Waals surface area (Å²) in [5.41, 5.74) is 6.06. The van der Waals surface area contributed by atoms with Gasteiger partial charge in [0.1, 0.15) is 0 Å². The van der Waals surface area contributed by atoms with Gasteiger partial charge in [-0.25, -0.2) is 0 Å². The summed E-state index contributed by atoms with van der Waals surface area (Å²) >= 11 is 6.54. The van der Waals surface area contributed by atoms with E-state index in [-0.39, 0.29) is 22.2 Å². The molecule has 0 amide bonds. The Morgan fingerprint density at radius 2 is 0.892 bits per heavy atom. The van der Waals surface area contributed by atoms with E-state index < -0.39 is 17.5 Å². The number of hydrogen-bond acceptors (Lipinski definition) is 5. The standard InChI is InChI=1S/C15H32N2Si.C10H21ClN2Si.C4H11N/c1-9-13(2)12-18-16(14(3,4)5)10-11-17(18)15(6,7)8;1-9(2,3)12-7-8-13(14(12)11)10(4,5)6;1-3-4(2)5/h10-11,13,18H,9,12H2,1-8H3;7-8,14H,1-6H3;4H,3,5H2,1-2H3. The lowest BCUT2D eigenvalue weighted by Crippen LogP contribution is -2.56. The van der Waals surface area contributed by atoms with Gasteiger partial charge in [0.15, 0.2) is 0 Å². The van der Waals surface area contributed by atoms with Crippen LogP contribution in [0.5, 0.6) is 0 Å². The smallest absolute Gasteiger partial charge is 0.349 e. The first-order valence-corrected chi connectivity index (χ1v) is 19.0. The van der Waals surface area contributed by atoms with E-state index in [1.54, 1.807) is 0 Å². The Balaban J connectivity index is 0.000000605. The van der Waals surface area contributed by atoms with Crippen LogP contribution in [0.3, 0.4) is 0 Å². The average Bonchev–Trinajstić information content (AvgIpc) is 3.31. The zero-order chi connectivity index (χ0) is 29.6. The maximum atomic E-state index is 6.54. The van der Waals surface area contributed by atoms with Gasteiger partial charge in [-0.2, -0.15) is 0 Å². The van der Waals surface area contributed by atoms with Gasteiger partial charge in [0.2, 0.25) is 9.12 Å². The van der Waals surface area contributed by atoms with E-state index in [1.807, 2.05) is 6.92 Å². The van der Waals surface area contributed by atoms with Gasteiger partial charge in [0.05, 0.1) is 0 Å². The second-order valence-corrected chi connectivity index (χ2v) is 20.3. The quantitative estimate of drug-likeness (QED) is 0.282. The Morgan fingerprint density at radius 1 is 0.622 bits per heavy atom. The molecule has 8 heteroatoms. The molecule has 0 aromatic carbocycles. The predicted molar refractivity (Wildman–Crippen MR) is 173 cm³/mol. The highest BCUT2D eigenvalue weighted by molar-refractivity contribution is 7.04. The molecular weight excluding hydrogens is 510 g/mol. The average molecular weight is 574 g/mol. The molecular formula is C29H64ClN5Si2. The molecule has 2 rings (SSSR count). The summed E-state index contributed by atoms with van der Waals surface area (Å²) in [6, 6.07) is 1.76. The summed E-state index contributed by atoms with van der Waals surface area (Å²) in [6.07, 6.45) is 11.3. The van der Waals surface area contributed by atoms with Crippen LogP contribution < -0.4 is 5.73 Å². The second kappa shape index (κ2) is 14.1. The SMILES string of the molecule is CC(C)(C)N1C=CN(C(C)(C)C)[SiH]1Cl.CCC(C)C[SiH]1N(C(C)(C)C)C=CN1C(C)(C)C.CCC(C)N. The molecule has 0 aliphatic carbocycles. The van der Waals surface area contributed by atoms with Crippen molar-refractivity contribution in [2.45, 2.75) is 158 Å². The molecule has 0 saturated carbocycles. The molecule has 0 saturated heterocycles. The highest BCUT2D eigenvalue weighted by Crippen LogP contribution is 2.32. The highest BCUT2D eigenvalue weighted by Gasteiger charge is 2.40. The van der Waals surface area contributed by atoms with E-state index in [0.29, 0.717) is 6.04 Å². The van der Waals surface area contributed by atoms with Crippen LogP contribution in [0.4, 0.5) is 0 Å². The van der Waals surface area contributed by atoms with Gasteiger partial charge in [0, 0.05) is 53.0 Å². The maximum Gasteiger partial charge on any atom is 0.349 e. The third-order valence-corrected chi connectivity index (χ3v) is 15.4. The number of rotatable bonds is 4. The Bertz CT molecular complexity index is 666. The van der Waals surface area contributed by atoms with Crippen LogP contribution in [-0.2, 0) is 0 Å². The van der Waals surface area contributed by atoms with Gasteiger partial charge in [-0.3, -0.25) is 0 Å². The van der Waals surface area contributed by atoms with Gasteiger partial charge >= 0.3 is 8.43 Å². The molecule has 2 unspecified atom stereocenters. The van der Waals surface area contributed by atoms with Crippen molar-refractivity contribution in [1.82, 2.24) is 18.3 Å². The van der Waals surface area contributed by atoms with Crippen LogP contribution in [-0.4, -0.2) is 64.0 Å². The van der Waals surface area contributed by atoms with Crippen LogP contribution in [0, 0.1) is 5.92 Å². The molecule has 220 valence electrons. The minimum atomic E-state index is -1.50. The van der Waals surface area contributed by atoms with Gasteiger partial charge in [-0.1, -0.05) is 27.2 Å². The summed E-state index contributed by atoms with van der Waals surface area (Å²) in [6.45, 7) is 36.0. The Morgan fingerprint density at radius 3 is 1.08 bits per heavy atom. The summed E-state index contributed by atoms with van der Waals surface area (Å²) in [5, 5.41) is 0. The van der Waals surface area contributed by atoms with Crippen molar-refractivity contribution in [1.29, 1.82) is 0 Å². The first-order chi connectivity index (χ1) is 16.5. The van der Waals surface area contributed by atoms with Crippen LogP contribution in [0.1, 0.15) is 124 Å². The molecule has 0 spiro atoms. The fraction of sp³-hybridized carbons (Fsp3) is 0.862. The molecule has 0 bridgehead atoms. The normalized spacial score (nSPS) is 19.1. The van der Waals surface area contributed by atoms with E-state index >= 15 is 0 Å². The van der Waals surface area contributed by atoms with Crippen LogP contribution in [0.2, 0.25) is 6.04 Å². The summed E-state index contributed by atoms with van der Waals surface area (Å²) < 4.78 is 9.93. The minimum absolute atomic E-state index is 0.134. The van der Waals surface area contributed by atoms with Crippen molar-refractivity contribution < 1.29 is 0 Å². The molecule has 2 heterocycles. The molecule has 2 aliphatic heterocycles. The molecule has 5 nitrogen and oxygen atoms in total. The molecule has 2 aliphatic rings. The molecule has 2 atom stereocenters. The van der Waals surface area contributed by atoms with Crippen LogP contribution in [0.15, 0.2) is 24.8 Å². The predicted octanol–water partition coefficient (Wildman–Crippen LogP) is 7.31. The zero-order valence-electron chi connectivity index (χ0n) is 27.5. The molecule has 2 N–H and O–H groups in total. The Labute approximate surface area is 240 Å². The number of halogens is 1. The van der Waals surface area contributed by atoms with Crippen LogP contribution >= 0.6 is 11.1 Å². The van der Waals surface area contributed by atoms with Crippen molar-refractivity contribution in [3.05, 3.63) is 24.8 Å². The molecule has 0 fully saturated rings. The lowest BCUT2D eigenvalue weighted by molar-refractivity contribution is 0.275. The minimum Gasteiger partial charge on any atom is -0.383 e. The number of nitrogens with two attached hydrogens (primary N) is 1. The first-order valence-electron chi connectivity index (χ1n) is 14.4. The summed E-state index contributed by atoms with van der Waals surface area (Å²) in [5.74, 6) is 0.830. The zero-order valence-corrected chi connectivity index (χ0v) is 30.5. The van der Waals surface area contributed by atoms with Gasteiger partial charge in [-0.05, 0) is 108 Å². The third-order valence-electron chi connectivity index (χ3n) is 6.93. The molecule has 0 aromatic rings. The van der Waals surface area contributed by atoms with E-state index in [9.17, 15) is 0 Å².